The summed E-state index contributed by atoms with van der Waals surface area (Å²) in [6.45, 7) is 1.71. The molecule has 1 aliphatic heterocycles. The van der Waals surface area contributed by atoms with Crippen molar-refractivity contribution in [3.63, 3.8) is 0 Å². The van der Waals surface area contributed by atoms with Crippen molar-refractivity contribution in [1.29, 1.82) is 0 Å². The lowest BCUT2D eigenvalue weighted by atomic mass is 10.2. The average molecular weight is 208 g/mol. The topological polar surface area (TPSA) is 64.3 Å². The van der Waals surface area contributed by atoms with Gasteiger partial charge in [-0.15, -0.1) is 0 Å². The predicted molar refractivity (Wildman–Crippen MR) is 58.7 cm³/mol. The van der Waals surface area contributed by atoms with E-state index in [-0.39, 0.29) is 0 Å². The van der Waals surface area contributed by atoms with E-state index in [9.17, 15) is 0 Å². The van der Waals surface area contributed by atoms with E-state index >= 15 is 0 Å². The van der Waals surface area contributed by atoms with Gasteiger partial charge in [0, 0.05) is 20.2 Å². The molecule has 1 aromatic rings. The Morgan fingerprint density at radius 1 is 1.53 bits per heavy atom. The Labute approximate surface area is 89.3 Å². The summed E-state index contributed by atoms with van der Waals surface area (Å²) in [7, 11) is 1.97. The molecule has 5 heteroatoms. The van der Waals surface area contributed by atoms with E-state index in [0.29, 0.717) is 17.7 Å². The Bertz CT molecular complexity index is 308. The van der Waals surface area contributed by atoms with Gasteiger partial charge in [-0.3, -0.25) is 0 Å². The van der Waals surface area contributed by atoms with Crippen LogP contribution in [0, 0.1) is 0 Å². The summed E-state index contributed by atoms with van der Waals surface area (Å²) in [6.07, 6.45) is 5.83. The Balaban J connectivity index is 1.94. The number of nitrogen functional groups attached to an aromatic ring is 1. The van der Waals surface area contributed by atoms with Crippen molar-refractivity contribution in [3.05, 3.63) is 12.4 Å². The third kappa shape index (κ3) is 2.56. The fourth-order valence-electron chi connectivity index (χ4n) is 1.70. The molecule has 0 radical (unpaired) electrons. The van der Waals surface area contributed by atoms with Gasteiger partial charge in [0.2, 0.25) is 5.95 Å². The summed E-state index contributed by atoms with van der Waals surface area (Å²) in [5, 5.41) is 0. The first-order chi connectivity index (χ1) is 7.25. The van der Waals surface area contributed by atoms with Gasteiger partial charge in [0.05, 0.1) is 24.2 Å². The third-order valence-electron chi connectivity index (χ3n) is 2.50. The number of rotatable bonds is 3. The first-order valence-electron chi connectivity index (χ1n) is 5.16. The van der Waals surface area contributed by atoms with Crippen LogP contribution in [0.15, 0.2) is 12.4 Å². The first-order valence-corrected chi connectivity index (χ1v) is 5.16. The third-order valence-corrected chi connectivity index (χ3v) is 2.50. The standard InChI is InChI=1S/C10H16N4O/c1-14(7-9-3-2-4-15-9)10-12-5-8(11)6-13-10/h5-6,9H,2-4,7,11H2,1H3. The second-order valence-corrected chi connectivity index (χ2v) is 3.83. The summed E-state index contributed by atoms with van der Waals surface area (Å²) in [5.41, 5.74) is 6.11. The Morgan fingerprint density at radius 3 is 2.87 bits per heavy atom. The second kappa shape index (κ2) is 4.44. The summed E-state index contributed by atoms with van der Waals surface area (Å²) < 4.78 is 5.55. The molecule has 0 spiro atoms. The highest BCUT2D eigenvalue weighted by Gasteiger charge is 2.18. The quantitative estimate of drug-likeness (QED) is 0.791. The van der Waals surface area contributed by atoms with Crippen LogP contribution in [0.4, 0.5) is 11.6 Å². The largest absolute Gasteiger partial charge is 0.396 e. The molecular formula is C10H16N4O. The number of hydrogen-bond acceptors (Lipinski definition) is 5. The van der Waals surface area contributed by atoms with Gasteiger partial charge < -0.3 is 15.4 Å². The SMILES string of the molecule is CN(CC1CCCO1)c1ncc(N)cn1. The van der Waals surface area contributed by atoms with E-state index in [1.54, 1.807) is 12.4 Å². The second-order valence-electron chi connectivity index (χ2n) is 3.83. The van der Waals surface area contributed by atoms with Crippen LogP contribution < -0.4 is 10.6 Å². The fraction of sp³-hybridized carbons (Fsp3) is 0.600. The Kier molecular flexibility index (Phi) is 3.01. The van der Waals surface area contributed by atoms with Crippen molar-refractivity contribution < 1.29 is 4.74 Å². The minimum Gasteiger partial charge on any atom is -0.396 e. The van der Waals surface area contributed by atoms with Crippen molar-refractivity contribution in [3.8, 4) is 0 Å². The van der Waals surface area contributed by atoms with Crippen molar-refractivity contribution in [2.45, 2.75) is 18.9 Å². The molecule has 1 fully saturated rings. The first kappa shape index (κ1) is 10.2. The highest BCUT2D eigenvalue weighted by atomic mass is 16.5. The molecule has 2 N–H and O–H groups in total. The highest BCUT2D eigenvalue weighted by molar-refractivity contribution is 5.37. The van der Waals surface area contributed by atoms with Gasteiger partial charge in [0.1, 0.15) is 0 Å². The molecule has 82 valence electrons. The molecule has 0 saturated carbocycles. The van der Waals surface area contributed by atoms with E-state index in [1.807, 2.05) is 11.9 Å². The molecule has 1 atom stereocenters. The van der Waals surface area contributed by atoms with Crippen molar-refractivity contribution in [1.82, 2.24) is 9.97 Å². The lowest BCUT2D eigenvalue weighted by Crippen LogP contribution is -2.29. The predicted octanol–water partition coefficient (Wildman–Crippen LogP) is 0.674. The number of anilines is 2. The number of nitrogens with zero attached hydrogens (tertiary/aromatic N) is 3. The van der Waals surface area contributed by atoms with E-state index in [4.69, 9.17) is 10.5 Å². The molecule has 0 bridgehead atoms. The van der Waals surface area contributed by atoms with Gasteiger partial charge in [-0.05, 0) is 12.8 Å². The number of likely N-dealkylation sites (N-methyl/N-ethyl adjacent to an activating group) is 1. The smallest absolute Gasteiger partial charge is 0.225 e. The molecular weight excluding hydrogens is 192 g/mol. The molecule has 5 nitrogen and oxygen atoms in total. The number of hydrogen-bond donors (Lipinski definition) is 1. The van der Waals surface area contributed by atoms with Gasteiger partial charge >= 0.3 is 0 Å². The van der Waals surface area contributed by atoms with E-state index in [2.05, 4.69) is 9.97 Å². The van der Waals surface area contributed by atoms with Crippen LogP contribution in [0.5, 0.6) is 0 Å². The minimum atomic E-state index is 0.316. The summed E-state index contributed by atoms with van der Waals surface area (Å²) in [4.78, 5) is 10.3. The maximum absolute atomic E-state index is 5.55. The zero-order valence-electron chi connectivity index (χ0n) is 8.89. The van der Waals surface area contributed by atoms with Crippen molar-refractivity contribution >= 4 is 11.6 Å². The highest BCUT2D eigenvalue weighted by Crippen LogP contribution is 2.15. The zero-order valence-corrected chi connectivity index (χ0v) is 8.89. The molecule has 0 aliphatic carbocycles. The lowest BCUT2D eigenvalue weighted by molar-refractivity contribution is 0.116. The van der Waals surface area contributed by atoms with E-state index in [1.165, 1.54) is 0 Å². The minimum absolute atomic E-state index is 0.316. The molecule has 1 aromatic heterocycles. The molecule has 0 amide bonds. The van der Waals surface area contributed by atoms with Gasteiger partial charge in [-0.25, -0.2) is 9.97 Å². The summed E-state index contributed by atoms with van der Waals surface area (Å²) in [5.74, 6) is 0.694. The molecule has 2 heterocycles. The van der Waals surface area contributed by atoms with Crippen LogP contribution >= 0.6 is 0 Å². The van der Waals surface area contributed by atoms with Crippen LogP contribution in [0.2, 0.25) is 0 Å². The summed E-state index contributed by atoms with van der Waals surface area (Å²) >= 11 is 0. The summed E-state index contributed by atoms with van der Waals surface area (Å²) in [6, 6.07) is 0. The molecule has 1 saturated heterocycles. The fourth-order valence-corrected chi connectivity index (χ4v) is 1.70. The molecule has 1 unspecified atom stereocenters. The monoisotopic (exact) mass is 208 g/mol. The normalized spacial score (nSPS) is 20.5. The Morgan fingerprint density at radius 2 is 2.27 bits per heavy atom. The van der Waals surface area contributed by atoms with Gasteiger partial charge in [-0.1, -0.05) is 0 Å². The molecule has 2 rings (SSSR count). The van der Waals surface area contributed by atoms with Crippen LogP contribution in [0.3, 0.4) is 0 Å². The van der Waals surface area contributed by atoms with Crippen LogP contribution in [0.1, 0.15) is 12.8 Å². The number of nitrogens with two attached hydrogens (primary N) is 1. The van der Waals surface area contributed by atoms with Crippen molar-refractivity contribution in [2.75, 3.05) is 30.8 Å². The maximum atomic E-state index is 5.55. The van der Waals surface area contributed by atoms with Gasteiger partial charge in [-0.2, -0.15) is 0 Å². The maximum Gasteiger partial charge on any atom is 0.225 e. The zero-order chi connectivity index (χ0) is 10.7. The van der Waals surface area contributed by atoms with Crippen molar-refractivity contribution in [2.24, 2.45) is 0 Å². The van der Waals surface area contributed by atoms with E-state index < -0.39 is 0 Å². The molecule has 1 aliphatic rings. The molecule has 15 heavy (non-hydrogen) atoms. The van der Waals surface area contributed by atoms with Gasteiger partial charge in [0.15, 0.2) is 0 Å². The van der Waals surface area contributed by atoms with Crippen LogP contribution in [-0.4, -0.2) is 36.3 Å². The van der Waals surface area contributed by atoms with Gasteiger partial charge in [0.25, 0.3) is 0 Å². The van der Waals surface area contributed by atoms with E-state index in [0.717, 1.165) is 26.0 Å². The average Bonchev–Trinajstić information content (AvgIpc) is 2.71. The Hall–Kier alpha value is -1.36. The number of aromatic nitrogens is 2. The van der Waals surface area contributed by atoms with Crippen LogP contribution in [0.25, 0.3) is 0 Å². The number of ether oxygens (including phenoxy) is 1. The molecule has 0 aromatic carbocycles. The lowest BCUT2D eigenvalue weighted by Gasteiger charge is -2.20. The van der Waals surface area contributed by atoms with Crippen LogP contribution in [-0.2, 0) is 4.74 Å².